The molecule has 3 aromatic carbocycles. The molecule has 1 aliphatic rings. The molecule has 1 aromatic heterocycles. The van der Waals surface area contributed by atoms with Gasteiger partial charge in [0.25, 0.3) is 11.8 Å². The smallest absolute Gasteiger partial charge is 0.293 e. The number of fused-ring (bicyclic) bond motifs is 2. The first-order valence-electron chi connectivity index (χ1n) is 8.74. The molecule has 0 unspecified atom stereocenters. The topological polar surface area (TPSA) is 96.4 Å². The number of aliphatic hydroxyl groups is 1. The Balaban J connectivity index is 1.67. The fraction of sp³-hybridized carbons (Fsp3) is 0. The summed E-state index contributed by atoms with van der Waals surface area (Å²) in [7, 11) is 0. The number of imide groups is 1. The standard InChI is InChI=1S/C22H12N2O4S/c25-18-14-4-2-1-3-11(14)5-6-12-7-8-13(9-15(12)18)22-23-16(10-29-22)17-19(26)21(28)24-20(17)27/h1-10H,(H2,24,26,27,28). The van der Waals surface area contributed by atoms with E-state index in [9.17, 15) is 19.5 Å². The van der Waals surface area contributed by atoms with Crippen LogP contribution in [0.2, 0.25) is 0 Å². The van der Waals surface area contributed by atoms with Crippen molar-refractivity contribution in [2.45, 2.75) is 0 Å². The minimum Gasteiger partial charge on any atom is -0.502 e. The van der Waals surface area contributed by atoms with Crippen molar-refractivity contribution in [3.05, 3.63) is 81.7 Å². The zero-order valence-corrected chi connectivity index (χ0v) is 15.6. The zero-order valence-electron chi connectivity index (χ0n) is 14.8. The van der Waals surface area contributed by atoms with Gasteiger partial charge in [-0.1, -0.05) is 48.5 Å². The summed E-state index contributed by atoms with van der Waals surface area (Å²) in [6, 6.07) is 16.7. The fourth-order valence-electron chi connectivity index (χ4n) is 3.41. The molecule has 0 radical (unpaired) electrons. The van der Waals surface area contributed by atoms with Crippen molar-refractivity contribution in [3.8, 4) is 10.6 Å². The minimum absolute atomic E-state index is 0.0691. The number of hydrogen-bond donors (Lipinski definition) is 2. The van der Waals surface area contributed by atoms with Gasteiger partial charge in [-0.2, -0.15) is 0 Å². The highest BCUT2D eigenvalue weighted by molar-refractivity contribution is 7.13. The minimum atomic E-state index is -0.833. The van der Waals surface area contributed by atoms with Gasteiger partial charge in [-0.3, -0.25) is 19.7 Å². The van der Waals surface area contributed by atoms with Gasteiger partial charge >= 0.3 is 0 Å². The zero-order chi connectivity index (χ0) is 20.1. The molecule has 1 aliphatic heterocycles. The average Bonchev–Trinajstić information content (AvgIpc) is 3.26. The van der Waals surface area contributed by atoms with E-state index in [2.05, 4.69) is 4.98 Å². The van der Waals surface area contributed by atoms with Crippen LogP contribution in [0.25, 0.3) is 37.7 Å². The Hall–Kier alpha value is -3.84. The Morgan fingerprint density at radius 1 is 0.862 bits per heavy atom. The van der Waals surface area contributed by atoms with Gasteiger partial charge in [0.2, 0.25) is 0 Å². The monoisotopic (exact) mass is 400 g/mol. The van der Waals surface area contributed by atoms with Crippen molar-refractivity contribution in [2.75, 3.05) is 0 Å². The van der Waals surface area contributed by atoms with Crippen LogP contribution in [0.4, 0.5) is 0 Å². The van der Waals surface area contributed by atoms with E-state index in [4.69, 9.17) is 0 Å². The lowest BCUT2D eigenvalue weighted by Gasteiger charge is -1.99. The first-order chi connectivity index (χ1) is 14.0. The third-order valence-corrected chi connectivity index (χ3v) is 5.75. The van der Waals surface area contributed by atoms with Crippen LogP contribution in [0.15, 0.2) is 70.5 Å². The predicted molar refractivity (Wildman–Crippen MR) is 112 cm³/mol. The lowest BCUT2D eigenvalue weighted by molar-refractivity contribution is -0.124. The molecule has 0 saturated heterocycles. The molecular formula is C22H12N2O4S. The average molecular weight is 400 g/mol. The van der Waals surface area contributed by atoms with Crippen LogP contribution in [0.3, 0.4) is 0 Å². The molecule has 0 fully saturated rings. The Kier molecular flexibility index (Phi) is 3.78. The number of aromatic nitrogens is 1. The lowest BCUT2D eigenvalue weighted by Crippen LogP contribution is -2.22. The maximum atomic E-state index is 13.1. The highest BCUT2D eigenvalue weighted by Gasteiger charge is 2.32. The molecule has 4 aromatic rings. The van der Waals surface area contributed by atoms with Crippen LogP contribution in [0.5, 0.6) is 0 Å². The molecule has 0 saturated carbocycles. The summed E-state index contributed by atoms with van der Waals surface area (Å²) in [6.45, 7) is 0. The Morgan fingerprint density at radius 3 is 2.34 bits per heavy atom. The highest BCUT2D eigenvalue weighted by atomic mass is 32.1. The Bertz CT molecular complexity index is 1450. The molecule has 0 spiro atoms. The molecule has 2 amide bonds. The van der Waals surface area contributed by atoms with Gasteiger partial charge in [0.1, 0.15) is 10.6 Å². The Morgan fingerprint density at radius 2 is 1.59 bits per heavy atom. The van der Waals surface area contributed by atoms with E-state index in [0.29, 0.717) is 21.3 Å². The molecule has 6 nitrogen and oxygen atoms in total. The van der Waals surface area contributed by atoms with E-state index in [1.165, 1.54) is 11.3 Å². The molecule has 140 valence electrons. The highest BCUT2D eigenvalue weighted by Crippen LogP contribution is 2.31. The normalized spacial score (nSPS) is 14.1. The van der Waals surface area contributed by atoms with E-state index in [0.717, 1.165) is 10.8 Å². The van der Waals surface area contributed by atoms with Crippen LogP contribution >= 0.6 is 11.3 Å². The van der Waals surface area contributed by atoms with E-state index in [1.54, 1.807) is 17.5 Å². The van der Waals surface area contributed by atoms with Crippen LogP contribution in [-0.4, -0.2) is 21.9 Å². The summed E-state index contributed by atoms with van der Waals surface area (Å²) in [4.78, 5) is 40.8. The second kappa shape index (κ2) is 6.35. The number of carbonyl (C=O) groups excluding carboxylic acids is 2. The van der Waals surface area contributed by atoms with Crippen molar-refractivity contribution in [1.29, 1.82) is 0 Å². The maximum absolute atomic E-state index is 13.1. The van der Waals surface area contributed by atoms with Crippen molar-refractivity contribution in [2.24, 2.45) is 0 Å². The molecular weight excluding hydrogens is 388 g/mol. The Labute approximate surface area is 167 Å². The molecule has 0 aliphatic carbocycles. The number of rotatable bonds is 2. The van der Waals surface area contributed by atoms with Gasteiger partial charge in [-0.25, -0.2) is 4.98 Å². The van der Waals surface area contributed by atoms with Gasteiger partial charge < -0.3 is 5.11 Å². The van der Waals surface area contributed by atoms with Gasteiger partial charge in [0.05, 0.1) is 5.69 Å². The van der Waals surface area contributed by atoms with Crippen molar-refractivity contribution in [3.63, 3.8) is 0 Å². The SMILES string of the molecule is O=C1NC(=O)C(c2csc(-c3ccc4ccc5ccccc5c(=O)c4c3)n2)=C1O. The van der Waals surface area contributed by atoms with Crippen LogP contribution in [0, 0.1) is 0 Å². The van der Waals surface area contributed by atoms with Crippen molar-refractivity contribution < 1.29 is 14.7 Å². The summed E-state index contributed by atoms with van der Waals surface area (Å²) < 4.78 is 0. The van der Waals surface area contributed by atoms with E-state index < -0.39 is 17.6 Å². The third kappa shape index (κ3) is 2.71. The fourth-order valence-corrected chi connectivity index (χ4v) is 4.22. The number of aliphatic hydroxyl groups excluding tert-OH is 1. The molecule has 7 heteroatoms. The summed E-state index contributed by atoms with van der Waals surface area (Å²) >= 11 is 1.26. The second-order valence-corrected chi connectivity index (χ2v) is 7.45. The molecule has 0 atom stereocenters. The summed E-state index contributed by atoms with van der Waals surface area (Å²) in [5.41, 5.74) is 0.726. The second-order valence-electron chi connectivity index (χ2n) is 6.60. The van der Waals surface area contributed by atoms with Crippen LogP contribution in [0.1, 0.15) is 5.69 Å². The largest absolute Gasteiger partial charge is 0.502 e. The van der Waals surface area contributed by atoms with E-state index >= 15 is 0 Å². The number of benzene rings is 2. The van der Waals surface area contributed by atoms with Gasteiger partial charge in [-0.05, 0) is 16.8 Å². The summed E-state index contributed by atoms with van der Waals surface area (Å²) in [5, 5.41) is 16.9. The number of nitrogens with zero attached hydrogens (tertiary/aromatic N) is 1. The van der Waals surface area contributed by atoms with Crippen molar-refractivity contribution >= 4 is 50.3 Å². The number of hydrogen-bond acceptors (Lipinski definition) is 6. The lowest BCUT2D eigenvalue weighted by atomic mass is 10.1. The van der Waals surface area contributed by atoms with Gasteiger partial charge in [-0.15, -0.1) is 11.3 Å². The van der Waals surface area contributed by atoms with E-state index in [-0.39, 0.29) is 16.7 Å². The molecule has 2 N–H and O–H groups in total. The first-order valence-corrected chi connectivity index (χ1v) is 9.62. The van der Waals surface area contributed by atoms with Gasteiger partial charge in [0.15, 0.2) is 11.2 Å². The summed E-state index contributed by atoms with van der Waals surface area (Å²) in [5.74, 6) is -2.14. The maximum Gasteiger partial charge on any atom is 0.293 e. The predicted octanol–water partition coefficient (Wildman–Crippen LogP) is 3.40. The van der Waals surface area contributed by atoms with Crippen LogP contribution in [-0.2, 0) is 9.59 Å². The third-order valence-electron chi connectivity index (χ3n) is 4.86. The molecule has 0 bridgehead atoms. The van der Waals surface area contributed by atoms with Crippen LogP contribution < -0.4 is 10.7 Å². The summed E-state index contributed by atoms with van der Waals surface area (Å²) in [6.07, 6.45) is 0. The quantitative estimate of drug-likeness (QED) is 0.503. The molecule has 29 heavy (non-hydrogen) atoms. The molecule has 2 heterocycles. The van der Waals surface area contributed by atoms with Crippen molar-refractivity contribution in [1.82, 2.24) is 10.3 Å². The number of nitrogens with one attached hydrogen (secondary N) is 1. The first kappa shape index (κ1) is 17.3. The van der Waals surface area contributed by atoms with Gasteiger partial charge in [0, 0.05) is 21.7 Å². The van der Waals surface area contributed by atoms with E-state index in [1.807, 2.05) is 47.8 Å². The number of thiazole rings is 1. The number of carbonyl (C=O) groups is 2. The molecule has 5 rings (SSSR count). The number of amides is 2.